The Morgan fingerprint density at radius 1 is 0.962 bits per heavy atom. The lowest BCUT2D eigenvalue weighted by atomic mass is 10.1. The number of carbonyl (C=O) groups excluding carboxylic acids is 1. The number of hydrogen-bond acceptors (Lipinski definition) is 4. The number of nitrogens with zero attached hydrogens (tertiary/aromatic N) is 2. The summed E-state index contributed by atoms with van der Waals surface area (Å²) in [5.74, 6) is -0.265. The molecule has 0 aliphatic carbocycles. The summed E-state index contributed by atoms with van der Waals surface area (Å²) >= 11 is 12.4. The van der Waals surface area contributed by atoms with E-state index in [2.05, 4.69) is 4.90 Å². The molecule has 1 saturated heterocycles. The second-order valence-electron chi connectivity index (χ2n) is 6.14. The van der Waals surface area contributed by atoms with Gasteiger partial charge in [-0.25, -0.2) is 8.42 Å². The number of benzene rings is 2. The van der Waals surface area contributed by atoms with Gasteiger partial charge in [0.15, 0.2) is 9.84 Å². The summed E-state index contributed by atoms with van der Waals surface area (Å²) in [6.07, 6.45) is 1.10. The molecule has 5 nitrogen and oxygen atoms in total. The molecule has 0 radical (unpaired) electrons. The zero-order valence-electron chi connectivity index (χ0n) is 14.2. The molecule has 3 rings (SSSR count). The van der Waals surface area contributed by atoms with E-state index in [4.69, 9.17) is 23.2 Å². The molecule has 2 aromatic carbocycles. The van der Waals surface area contributed by atoms with Crippen LogP contribution in [0.15, 0.2) is 47.4 Å². The molecule has 0 unspecified atom stereocenters. The first-order valence-electron chi connectivity index (χ1n) is 8.06. The van der Waals surface area contributed by atoms with Crippen molar-refractivity contribution in [2.24, 2.45) is 0 Å². The number of anilines is 1. The maximum atomic E-state index is 12.8. The lowest BCUT2D eigenvalue weighted by Gasteiger charge is -2.36. The van der Waals surface area contributed by atoms with Crippen molar-refractivity contribution in [2.75, 3.05) is 37.3 Å². The SMILES string of the molecule is CS(=O)(=O)c1ccc(Cl)c(C(=O)N2CCN(c3ccccc3Cl)CC2)c1. The van der Waals surface area contributed by atoms with Crippen LogP contribution in [0, 0.1) is 0 Å². The van der Waals surface area contributed by atoms with E-state index in [1.807, 2.05) is 24.3 Å². The Labute approximate surface area is 163 Å². The summed E-state index contributed by atoms with van der Waals surface area (Å²) in [5, 5.41) is 0.923. The second-order valence-corrected chi connectivity index (χ2v) is 8.97. The van der Waals surface area contributed by atoms with E-state index >= 15 is 0 Å². The van der Waals surface area contributed by atoms with Gasteiger partial charge >= 0.3 is 0 Å². The summed E-state index contributed by atoms with van der Waals surface area (Å²) in [7, 11) is -3.41. The number of para-hydroxylation sites is 1. The molecule has 0 spiro atoms. The van der Waals surface area contributed by atoms with Gasteiger partial charge in [-0.2, -0.15) is 0 Å². The quantitative estimate of drug-likeness (QED) is 0.775. The van der Waals surface area contributed by atoms with Gasteiger partial charge in [-0.1, -0.05) is 35.3 Å². The first kappa shape index (κ1) is 19.0. The highest BCUT2D eigenvalue weighted by Crippen LogP contribution is 2.27. The molecule has 1 heterocycles. The van der Waals surface area contributed by atoms with Crippen molar-refractivity contribution in [1.82, 2.24) is 4.90 Å². The van der Waals surface area contributed by atoms with E-state index < -0.39 is 9.84 Å². The fourth-order valence-corrected chi connectivity index (χ4v) is 4.03. The van der Waals surface area contributed by atoms with Crippen molar-refractivity contribution in [3.8, 4) is 0 Å². The van der Waals surface area contributed by atoms with Gasteiger partial charge in [-0.3, -0.25) is 4.79 Å². The van der Waals surface area contributed by atoms with E-state index in [1.54, 1.807) is 4.90 Å². The molecule has 138 valence electrons. The highest BCUT2D eigenvalue weighted by Gasteiger charge is 2.25. The van der Waals surface area contributed by atoms with Crippen LogP contribution >= 0.6 is 23.2 Å². The fourth-order valence-electron chi connectivity index (χ4n) is 2.93. The third-order valence-corrected chi connectivity index (χ3v) is 6.12. The van der Waals surface area contributed by atoms with E-state index in [-0.39, 0.29) is 21.4 Å². The molecule has 8 heteroatoms. The molecule has 1 aliphatic heterocycles. The fraction of sp³-hybridized carbons (Fsp3) is 0.278. The summed E-state index contributed by atoms with van der Waals surface area (Å²) < 4.78 is 23.5. The lowest BCUT2D eigenvalue weighted by molar-refractivity contribution is 0.0746. The first-order valence-corrected chi connectivity index (χ1v) is 10.7. The third kappa shape index (κ3) is 3.98. The molecule has 0 bridgehead atoms. The van der Waals surface area contributed by atoms with Crippen molar-refractivity contribution in [2.45, 2.75) is 4.90 Å². The van der Waals surface area contributed by atoms with Crippen LogP contribution in [0.5, 0.6) is 0 Å². The van der Waals surface area contributed by atoms with Crippen LogP contribution in [0.25, 0.3) is 0 Å². The maximum absolute atomic E-state index is 12.8. The van der Waals surface area contributed by atoms with Crippen molar-refractivity contribution in [3.63, 3.8) is 0 Å². The number of halogens is 2. The van der Waals surface area contributed by atoms with Crippen molar-refractivity contribution in [3.05, 3.63) is 58.1 Å². The Morgan fingerprint density at radius 3 is 2.23 bits per heavy atom. The number of amides is 1. The standard InChI is InChI=1S/C18H18Cl2N2O3S/c1-26(24,25)13-6-7-15(19)14(12-13)18(23)22-10-8-21(9-11-22)17-5-3-2-4-16(17)20/h2-7,12H,8-11H2,1H3. The van der Waals surface area contributed by atoms with Crippen LogP contribution < -0.4 is 4.90 Å². The summed E-state index contributed by atoms with van der Waals surface area (Å²) in [6.45, 7) is 2.28. The smallest absolute Gasteiger partial charge is 0.255 e. The number of sulfone groups is 1. The largest absolute Gasteiger partial charge is 0.367 e. The van der Waals surface area contributed by atoms with Crippen LogP contribution in [-0.4, -0.2) is 51.7 Å². The molecule has 26 heavy (non-hydrogen) atoms. The van der Waals surface area contributed by atoms with Gasteiger partial charge in [0.25, 0.3) is 5.91 Å². The van der Waals surface area contributed by atoms with Gasteiger partial charge in [0.1, 0.15) is 0 Å². The summed E-state index contributed by atoms with van der Waals surface area (Å²) in [4.78, 5) is 16.7. The first-order chi connectivity index (χ1) is 12.3. The molecule has 1 aliphatic rings. The Morgan fingerprint density at radius 2 is 1.62 bits per heavy atom. The Kier molecular flexibility index (Phi) is 5.46. The predicted octanol–water partition coefficient (Wildman–Crippen LogP) is 3.36. The minimum atomic E-state index is -3.41. The number of carbonyl (C=O) groups is 1. The van der Waals surface area contributed by atoms with E-state index in [0.717, 1.165) is 11.9 Å². The van der Waals surface area contributed by atoms with Crippen LogP contribution in [0.1, 0.15) is 10.4 Å². The van der Waals surface area contributed by atoms with E-state index in [9.17, 15) is 13.2 Å². The summed E-state index contributed by atoms with van der Waals surface area (Å²) in [5.41, 5.74) is 1.15. The van der Waals surface area contributed by atoms with Gasteiger partial charge in [0, 0.05) is 32.4 Å². The third-order valence-electron chi connectivity index (χ3n) is 4.36. The average Bonchev–Trinajstić information content (AvgIpc) is 2.61. The van der Waals surface area contributed by atoms with Crippen molar-refractivity contribution < 1.29 is 13.2 Å². The Bertz CT molecular complexity index is 939. The minimum absolute atomic E-state index is 0.0833. The predicted molar refractivity (Wildman–Crippen MR) is 104 cm³/mol. The number of rotatable bonds is 3. The zero-order valence-corrected chi connectivity index (χ0v) is 16.5. The van der Waals surface area contributed by atoms with Gasteiger partial charge in [0.2, 0.25) is 0 Å². The van der Waals surface area contributed by atoms with Gasteiger partial charge < -0.3 is 9.80 Å². The molecule has 0 N–H and O–H groups in total. The molecule has 0 atom stereocenters. The molecule has 0 aromatic heterocycles. The molecule has 0 saturated carbocycles. The van der Waals surface area contributed by atoms with E-state index in [0.29, 0.717) is 31.2 Å². The van der Waals surface area contributed by atoms with Crippen LogP contribution in [0.2, 0.25) is 10.0 Å². The summed E-state index contributed by atoms with van der Waals surface area (Å²) in [6, 6.07) is 11.8. The maximum Gasteiger partial charge on any atom is 0.255 e. The highest BCUT2D eigenvalue weighted by molar-refractivity contribution is 7.90. The average molecular weight is 413 g/mol. The molecule has 1 fully saturated rings. The van der Waals surface area contributed by atoms with Crippen molar-refractivity contribution >= 4 is 44.6 Å². The molecule has 2 aromatic rings. The van der Waals surface area contributed by atoms with Crippen LogP contribution in [0.4, 0.5) is 5.69 Å². The monoisotopic (exact) mass is 412 g/mol. The Balaban J connectivity index is 1.76. The zero-order chi connectivity index (χ0) is 18.9. The van der Waals surface area contributed by atoms with Gasteiger partial charge in [0.05, 0.1) is 26.2 Å². The van der Waals surface area contributed by atoms with Crippen molar-refractivity contribution in [1.29, 1.82) is 0 Å². The molecular formula is C18H18Cl2N2O3S. The van der Waals surface area contributed by atoms with E-state index in [1.165, 1.54) is 18.2 Å². The highest BCUT2D eigenvalue weighted by atomic mass is 35.5. The van der Waals surface area contributed by atoms with Crippen LogP contribution in [-0.2, 0) is 9.84 Å². The topological polar surface area (TPSA) is 57.7 Å². The lowest BCUT2D eigenvalue weighted by Crippen LogP contribution is -2.49. The normalized spacial score (nSPS) is 15.2. The number of piperazine rings is 1. The van der Waals surface area contributed by atoms with Gasteiger partial charge in [-0.15, -0.1) is 0 Å². The van der Waals surface area contributed by atoms with Gasteiger partial charge in [-0.05, 0) is 30.3 Å². The second kappa shape index (κ2) is 7.47. The molecule has 1 amide bonds. The molecular weight excluding hydrogens is 395 g/mol. The number of hydrogen-bond donors (Lipinski definition) is 0. The Hall–Kier alpha value is -1.76. The van der Waals surface area contributed by atoms with Crippen LogP contribution in [0.3, 0.4) is 0 Å². The minimum Gasteiger partial charge on any atom is -0.367 e.